The number of amides is 1. The first-order valence-electron chi connectivity index (χ1n) is 10.1. The Balaban J connectivity index is 1.52. The molecule has 2 aliphatic heterocycles. The number of ether oxygens (including phenoxy) is 2. The fourth-order valence-corrected chi connectivity index (χ4v) is 4.37. The van der Waals surface area contributed by atoms with Crippen molar-refractivity contribution < 1.29 is 23.1 Å². The predicted molar refractivity (Wildman–Crippen MR) is 113 cm³/mol. The summed E-state index contributed by atoms with van der Waals surface area (Å²) in [7, 11) is 0. The number of hydrogen-bond acceptors (Lipinski definition) is 5. The lowest BCUT2D eigenvalue weighted by Gasteiger charge is -2.25. The number of nitrogens with zero attached hydrogens (tertiary/aromatic N) is 1. The Morgan fingerprint density at radius 3 is 2.59 bits per heavy atom. The molecule has 1 unspecified atom stereocenters. The summed E-state index contributed by atoms with van der Waals surface area (Å²) < 4.78 is 30.5. The first-order valence-corrected chi connectivity index (χ1v) is 10.1. The van der Waals surface area contributed by atoms with Gasteiger partial charge in [-0.3, -0.25) is 9.59 Å². The van der Waals surface area contributed by atoms with E-state index in [0.717, 1.165) is 17.2 Å². The molecule has 0 N–H and O–H groups in total. The molecule has 1 atom stereocenters. The lowest BCUT2D eigenvalue weighted by Crippen LogP contribution is -2.29. The van der Waals surface area contributed by atoms with Crippen molar-refractivity contribution in [3.8, 4) is 11.5 Å². The van der Waals surface area contributed by atoms with E-state index in [1.807, 2.05) is 42.5 Å². The molecule has 6 rings (SSSR count). The van der Waals surface area contributed by atoms with E-state index in [2.05, 4.69) is 0 Å². The van der Waals surface area contributed by atoms with Gasteiger partial charge in [0.25, 0.3) is 5.91 Å². The minimum Gasteiger partial charge on any atom is -0.454 e. The number of halogens is 1. The van der Waals surface area contributed by atoms with Gasteiger partial charge in [0.1, 0.15) is 11.4 Å². The highest BCUT2D eigenvalue weighted by Crippen LogP contribution is 2.40. The van der Waals surface area contributed by atoms with Crippen LogP contribution in [0.25, 0.3) is 11.0 Å². The van der Waals surface area contributed by atoms with Gasteiger partial charge in [-0.15, -0.1) is 0 Å². The third-order valence-electron chi connectivity index (χ3n) is 5.83. The van der Waals surface area contributed by atoms with Gasteiger partial charge >= 0.3 is 0 Å². The number of fused-ring (bicyclic) bond motifs is 3. The van der Waals surface area contributed by atoms with Crippen molar-refractivity contribution in [1.29, 1.82) is 0 Å². The zero-order valence-corrected chi connectivity index (χ0v) is 16.7. The van der Waals surface area contributed by atoms with Crippen molar-refractivity contribution in [2.24, 2.45) is 0 Å². The summed E-state index contributed by atoms with van der Waals surface area (Å²) in [4.78, 5) is 28.5. The Hall–Kier alpha value is -4.13. The molecule has 7 heteroatoms. The van der Waals surface area contributed by atoms with E-state index in [-0.39, 0.29) is 35.6 Å². The Kier molecular flexibility index (Phi) is 4.04. The van der Waals surface area contributed by atoms with Crippen LogP contribution in [-0.4, -0.2) is 17.6 Å². The van der Waals surface area contributed by atoms with Gasteiger partial charge in [0.05, 0.1) is 17.0 Å². The lowest BCUT2D eigenvalue weighted by atomic mass is 9.98. The van der Waals surface area contributed by atoms with Crippen LogP contribution in [0, 0.1) is 5.82 Å². The molecule has 0 aliphatic carbocycles. The monoisotopic (exact) mass is 429 g/mol. The smallest absolute Gasteiger partial charge is 0.291 e. The van der Waals surface area contributed by atoms with Crippen LogP contribution in [0.5, 0.6) is 11.5 Å². The summed E-state index contributed by atoms with van der Waals surface area (Å²) in [6.45, 7) is 0.379. The first kappa shape index (κ1) is 18.6. The number of benzene rings is 3. The molecule has 6 nitrogen and oxygen atoms in total. The summed E-state index contributed by atoms with van der Waals surface area (Å²) in [5, 5.41) is 0.113. The predicted octanol–water partition coefficient (Wildman–Crippen LogP) is 4.41. The van der Waals surface area contributed by atoms with Gasteiger partial charge in [0.15, 0.2) is 16.9 Å². The van der Waals surface area contributed by atoms with Crippen molar-refractivity contribution in [3.63, 3.8) is 0 Å². The second-order valence-electron chi connectivity index (χ2n) is 7.75. The van der Waals surface area contributed by atoms with Gasteiger partial charge in [-0.25, -0.2) is 4.39 Å². The molecule has 0 saturated carbocycles. The molecule has 2 aliphatic rings. The van der Waals surface area contributed by atoms with Crippen LogP contribution in [0.2, 0.25) is 0 Å². The summed E-state index contributed by atoms with van der Waals surface area (Å²) in [5.74, 6) is 0.314. The molecular weight excluding hydrogens is 413 g/mol. The summed E-state index contributed by atoms with van der Waals surface area (Å²) in [5.41, 5.74) is 1.58. The van der Waals surface area contributed by atoms with Crippen LogP contribution in [0.4, 0.5) is 4.39 Å². The summed E-state index contributed by atoms with van der Waals surface area (Å²) in [6, 6.07) is 17.8. The Bertz CT molecular complexity index is 1450. The average molecular weight is 429 g/mol. The Morgan fingerprint density at radius 1 is 0.938 bits per heavy atom. The van der Waals surface area contributed by atoms with Crippen LogP contribution in [0.3, 0.4) is 0 Å². The highest BCUT2D eigenvalue weighted by atomic mass is 19.1. The second kappa shape index (κ2) is 6.95. The highest BCUT2D eigenvalue weighted by molar-refractivity contribution is 5.99. The van der Waals surface area contributed by atoms with Crippen LogP contribution in [0.1, 0.15) is 33.3 Å². The molecule has 158 valence electrons. The van der Waals surface area contributed by atoms with Gasteiger partial charge in [-0.2, -0.15) is 0 Å². The molecule has 1 aromatic heterocycles. The minimum atomic E-state index is -0.659. The normalized spacial score (nSPS) is 16.6. The third kappa shape index (κ3) is 2.78. The van der Waals surface area contributed by atoms with Gasteiger partial charge in [0, 0.05) is 6.54 Å². The number of hydrogen-bond donors (Lipinski definition) is 0. The van der Waals surface area contributed by atoms with Gasteiger partial charge in [-0.1, -0.05) is 36.4 Å². The van der Waals surface area contributed by atoms with Crippen molar-refractivity contribution in [2.45, 2.75) is 12.6 Å². The SMILES string of the molecule is O=C1c2oc3ccc(F)cc3c(=O)c2C(c2ccccc2)N1Cc1ccc2c(c1)OCO2. The average Bonchev–Trinajstić information content (AvgIpc) is 3.38. The van der Waals surface area contributed by atoms with E-state index in [4.69, 9.17) is 13.9 Å². The largest absolute Gasteiger partial charge is 0.454 e. The number of rotatable bonds is 3. The Morgan fingerprint density at radius 2 is 1.75 bits per heavy atom. The quantitative estimate of drug-likeness (QED) is 0.483. The molecule has 0 bridgehead atoms. The van der Waals surface area contributed by atoms with Crippen molar-refractivity contribution in [1.82, 2.24) is 4.90 Å². The number of carbonyl (C=O) groups is 1. The number of carbonyl (C=O) groups excluding carboxylic acids is 1. The van der Waals surface area contributed by atoms with Crippen LogP contribution < -0.4 is 14.9 Å². The molecule has 3 heterocycles. The Labute approximate surface area is 181 Å². The van der Waals surface area contributed by atoms with Crippen LogP contribution >= 0.6 is 0 Å². The van der Waals surface area contributed by atoms with Crippen molar-refractivity contribution in [3.05, 3.63) is 105 Å². The van der Waals surface area contributed by atoms with Gasteiger partial charge in [-0.05, 0) is 41.5 Å². The molecule has 0 spiro atoms. The minimum absolute atomic E-state index is 0.0105. The van der Waals surface area contributed by atoms with E-state index in [1.54, 1.807) is 11.0 Å². The molecular formula is C25H16FNO5. The zero-order chi connectivity index (χ0) is 21.8. The summed E-state index contributed by atoms with van der Waals surface area (Å²) in [6.07, 6.45) is 0. The van der Waals surface area contributed by atoms with E-state index in [1.165, 1.54) is 12.1 Å². The van der Waals surface area contributed by atoms with E-state index in [9.17, 15) is 14.0 Å². The molecule has 0 saturated heterocycles. The standard InChI is InChI=1S/C25H16FNO5/c26-16-7-9-18-17(11-16)23(28)21-22(15-4-2-1-3-5-15)27(25(29)24(21)32-18)12-14-6-8-19-20(10-14)31-13-30-19/h1-11,22H,12-13H2. The van der Waals surface area contributed by atoms with E-state index in [0.29, 0.717) is 11.5 Å². The van der Waals surface area contributed by atoms with E-state index < -0.39 is 23.2 Å². The third-order valence-corrected chi connectivity index (χ3v) is 5.83. The topological polar surface area (TPSA) is 69.0 Å². The molecule has 32 heavy (non-hydrogen) atoms. The van der Waals surface area contributed by atoms with Crippen molar-refractivity contribution >= 4 is 16.9 Å². The maximum absolute atomic E-state index is 13.9. The summed E-state index contributed by atoms with van der Waals surface area (Å²) >= 11 is 0. The maximum Gasteiger partial charge on any atom is 0.291 e. The highest BCUT2D eigenvalue weighted by Gasteiger charge is 2.42. The van der Waals surface area contributed by atoms with Crippen LogP contribution in [-0.2, 0) is 6.54 Å². The van der Waals surface area contributed by atoms with Gasteiger partial charge in [0.2, 0.25) is 12.6 Å². The van der Waals surface area contributed by atoms with Crippen LogP contribution in [0.15, 0.2) is 75.9 Å². The zero-order valence-electron chi connectivity index (χ0n) is 16.7. The molecule has 3 aromatic carbocycles. The lowest BCUT2D eigenvalue weighted by molar-refractivity contribution is 0.0714. The molecule has 0 radical (unpaired) electrons. The molecule has 4 aromatic rings. The fourth-order valence-electron chi connectivity index (χ4n) is 4.37. The van der Waals surface area contributed by atoms with E-state index >= 15 is 0 Å². The second-order valence-corrected chi connectivity index (χ2v) is 7.75. The van der Waals surface area contributed by atoms with Crippen molar-refractivity contribution in [2.75, 3.05) is 6.79 Å². The maximum atomic E-state index is 13.9. The first-order chi connectivity index (χ1) is 15.6. The fraction of sp³-hybridized carbons (Fsp3) is 0.120. The molecule has 0 fully saturated rings. The molecule has 1 amide bonds. The van der Waals surface area contributed by atoms with Gasteiger partial charge < -0.3 is 18.8 Å².